The minimum Gasteiger partial charge on any atom is -0.465 e. The molecule has 0 aliphatic heterocycles. The Morgan fingerprint density at radius 2 is 1.96 bits per heavy atom. The van der Waals surface area contributed by atoms with E-state index in [0.29, 0.717) is 0 Å². The van der Waals surface area contributed by atoms with E-state index in [1.54, 1.807) is 0 Å². The normalized spacial score (nSPS) is 17.4. The van der Waals surface area contributed by atoms with Crippen molar-refractivity contribution in [1.29, 1.82) is 0 Å². The van der Waals surface area contributed by atoms with Gasteiger partial charge in [0, 0.05) is 18.3 Å². The summed E-state index contributed by atoms with van der Waals surface area (Å²) in [6, 6.07) is -1.17. The fourth-order valence-electron chi connectivity index (χ4n) is 2.22. The third-order valence-corrected chi connectivity index (χ3v) is 3.55. The number of ether oxygens (including phenoxy) is 2. The van der Waals surface area contributed by atoms with Gasteiger partial charge in [0.1, 0.15) is 0 Å². The van der Waals surface area contributed by atoms with Gasteiger partial charge in [-0.1, -0.05) is 11.2 Å². The second-order valence-corrected chi connectivity index (χ2v) is 5.74. The highest BCUT2D eigenvalue weighted by atomic mass is 16.7. The Labute approximate surface area is 156 Å². The predicted molar refractivity (Wildman–Crippen MR) is 92.0 cm³/mol. The summed E-state index contributed by atoms with van der Waals surface area (Å²) in [7, 11) is 1.01. The van der Waals surface area contributed by atoms with E-state index in [1.807, 2.05) is 0 Å². The van der Waals surface area contributed by atoms with Gasteiger partial charge in [-0.3, -0.25) is 4.79 Å². The van der Waals surface area contributed by atoms with Gasteiger partial charge in [-0.25, -0.2) is 4.79 Å². The largest absolute Gasteiger partial charge is 0.465 e. The Balaban J connectivity index is 5.29. The lowest BCUT2D eigenvalue weighted by atomic mass is 9.95. The first kappa shape index (κ1) is 24.8. The molecule has 12 nitrogen and oxygen atoms in total. The number of aliphatic hydroxyl groups excluding tert-OH is 3. The number of nitrogens with one attached hydrogen (secondary N) is 1. The number of hydrogen-bond acceptors (Lipinski definition) is 9. The molecule has 0 spiro atoms. The molecule has 0 saturated heterocycles. The fourth-order valence-corrected chi connectivity index (χ4v) is 2.22. The van der Waals surface area contributed by atoms with Crippen molar-refractivity contribution >= 4 is 11.9 Å². The van der Waals surface area contributed by atoms with E-state index in [9.17, 15) is 30.0 Å². The highest BCUT2D eigenvalue weighted by Gasteiger charge is 2.43. The van der Waals surface area contributed by atoms with Crippen molar-refractivity contribution < 1.29 is 39.5 Å². The van der Waals surface area contributed by atoms with Crippen LogP contribution in [0.15, 0.2) is 17.8 Å². The Kier molecular flexibility index (Phi) is 11.2. The minimum absolute atomic E-state index is 0.226. The zero-order valence-corrected chi connectivity index (χ0v) is 15.2. The van der Waals surface area contributed by atoms with Gasteiger partial charge in [-0.15, -0.1) is 6.58 Å². The number of esters is 1. The average molecular weight is 390 g/mol. The number of carbonyl (C=O) groups excluding carboxylic acids is 2. The standard InChI is InChI=1S/C15H26N4O8/c1-4-5-27-15(25,14(24)26-3)7-12(22)10(18-9(2)20)6-11(21)13(23)8-17-19-16/h4,10-13,21-23,25H,1,5-8H2,2-3H3,(H,18,20). The van der Waals surface area contributed by atoms with Crippen LogP contribution in [0.3, 0.4) is 0 Å². The number of nitrogens with zero attached hydrogens (tertiary/aromatic N) is 3. The monoisotopic (exact) mass is 390 g/mol. The van der Waals surface area contributed by atoms with E-state index in [-0.39, 0.29) is 13.0 Å². The average Bonchev–Trinajstić information content (AvgIpc) is 2.62. The molecule has 0 aliphatic carbocycles. The first-order valence-corrected chi connectivity index (χ1v) is 7.99. The molecular weight excluding hydrogens is 364 g/mol. The van der Waals surface area contributed by atoms with E-state index in [2.05, 4.69) is 26.7 Å². The molecule has 0 aromatic rings. The molecule has 5 N–H and O–H groups in total. The van der Waals surface area contributed by atoms with Crippen LogP contribution in [0.1, 0.15) is 19.8 Å². The Bertz CT molecular complexity index is 554. The van der Waals surface area contributed by atoms with Crippen LogP contribution in [0.2, 0.25) is 0 Å². The topological polar surface area (TPSA) is 194 Å². The number of azide groups is 1. The van der Waals surface area contributed by atoms with Crippen LogP contribution >= 0.6 is 0 Å². The smallest absolute Gasteiger partial charge is 0.366 e. The summed E-state index contributed by atoms with van der Waals surface area (Å²) in [5, 5.41) is 45.9. The van der Waals surface area contributed by atoms with Crippen LogP contribution in [0, 0.1) is 0 Å². The van der Waals surface area contributed by atoms with Crippen LogP contribution in [-0.4, -0.2) is 82.7 Å². The van der Waals surface area contributed by atoms with Gasteiger partial charge in [-0.2, -0.15) is 0 Å². The zero-order chi connectivity index (χ0) is 21.0. The Morgan fingerprint density at radius 1 is 1.33 bits per heavy atom. The summed E-state index contributed by atoms with van der Waals surface area (Å²) >= 11 is 0. The summed E-state index contributed by atoms with van der Waals surface area (Å²) in [4.78, 5) is 25.6. The number of hydrogen-bond donors (Lipinski definition) is 5. The molecule has 5 unspecified atom stereocenters. The Hall–Kier alpha value is -2.21. The van der Waals surface area contributed by atoms with Crippen LogP contribution in [0.25, 0.3) is 10.4 Å². The highest BCUT2D eigenvalue weighted by molar-refractivity contribution is 5.77. The van der Waals surface area contributed by atoms with Gasteiger partial charge in [0.2, 0.25) is 5.91 Å². The lowest BCUT2D eigenvalue weighted by Gasteiger charge is -2.32. The number of aliphatic hydroxyl groups is 4. The van der Waals surface area contributed by atoms with Gasteiger partial charge in [0.25, 0.3) is 5.79 Å². The van der Waals surface area contributed by atoms with Gasteiger partial charge in [0.15, 0.2) is 0 Å². The number of methoxy groups -OCH3 is 1. The van der Waals surface area contributed by atoms with E-state index >= 15 is 0 Å². The highest BCUT2D eigenvalue weighted by Crippen LogP contribution is 2.21. The van der Waals surface area contributed by atoms with Crippen molar-refractivity contribution in [1.82, 2.24) is 5.32 Å². The first-order chi connectivity index (χ1) is 12.6. The predicted octanol–water partition coefficient (Wildman–Crippen LogP) is -1.27. The van der Waals surface area contributed by atoms with Gasteiger partial charge in [-0.05, 0) is 12.0 Å². The summed E-state index contributed by atoms with van der Waals surface area (Å²) < 4.78 is 9.44. The molecule has 27 heavy (non-hydrogen) atoms. The lowest BCUT2D eigenvalue weighted by Crippen LogP contribution is -2.52. The quantitative estimate of drug-likeness (QED) is 0.0641. The molecule has 0 aromatic heterocycles. The summed E-state index contributed by atoms with van der Waals surface area (Å²) in [5.74, 6) is -4.26. The van der Waals surface area contributed by atoms with Crippen molar-refractivity contribution in [2.45, 2.75) is 49.9 Å². The maximum atomic E-state index is 11.8. The Morgan fingerprint density at radius 3 is 2.44 bits per heavy atom. The molecule has 154 valence electrons. The third-order valence-electron chi connectivity index (χ3n) is 3.55. The second-order valence-electron chi connectivity index (χ2n) is 5.74. The van der Waals surface area contributed by atoms with Crippen LogP contribution < -0.4 is 5.32 Å². The van der Waals surface area contributed by atoms with Crippen molar-refractivity contribution in [2.75, 3.05) is 20.3 Å². The molecule has 0 rings (SSSR count). The summed E-state index contributed by atoms with van der Waals surface area (Å²) in [5.41, 5.74) is 8.24. The van der Waals surface area contributed by atoms with Crippen LogP contribution in [-0.2, 0) is 19.1 Å². The number of rotatable bonds is 13. The molecule has 1 amide bonds. The van der Waals surface area contributed by atoms with Crippen molar-refractivity contribution in [3.05, 3.63) is 23.1 Å². The van der Waals surface area contributed by atoms with Crippen molar-refractivity contribution in [3.8, 4) is 0 Å². The molecule has 0 fully saturated rings. The molecule has 0 heterocycles. The first-order valence-electron chi connectivity index (χ1n) is 7.99. The SMILES string of the molecule is C=CCOC(O)(CC(O)C(CC(O)C(O)CN=[N+]=[N-])NC(C)=O)C(=O)OC. The molecule has 0 aromatic carbocycles. The van der Waals surface area contributed by atoms with Gasteiger partial charge < -0.3 is 35.2 Å². The van der Waals surface area contributed by atoms with Gasteiger partial charge >= 0.3 is 5.97 Å². The number of amides is 1. The van der Waals surface area contributed by atoms with E-state index in [1.165, 1.54) is 6.08 Å². The van der Waals surface area contributed by atoms with Crippen LogP contribution in [0.5, 0.6) is 0 Å². The van der Waals surface area contributed by atoms with E-state index in [0.717, 1.165) is 14.0 Å². The fraction of sp³-hybridized carbons (Fsp3) is 0.733. The molecule has 5 atom stereocenters. The van der Waals surface area contributed by atoms with Crippen molar-refractivity contribution in [3.63, 3.8) is 0 Å². The summed E-state index contributed by atoms with van der Waals surface area (Å²) in [6.45, 7) is 3.89. The zero-order valence-electron chi connectivity index (χ0n) is 15.2. The van der Waals surface area contributed by atoms with Crippen molar-refractivity contribution in [2.24, 2.45) is 5.11 Å². The summed E-state index contributed by atoms with van der Waals surface area (Å²) in [6.07, 6.45) is -4.27. The minimum atomic E-state index is -2.52. The third kappa shape index (κ3) is 8.82. The molecule has 0 saturated carbocycles. The number of carbonyl (C=O) groups is 2. The van der Waals surface area contributed by atoms with E-state index in [4.69, 9.17) is 10.3 Å². The molecule has 12 heteroatoms. The second kappa shape index (κ2) is 12.2. The van der Waals surface area contributed by atoms with E-state index < -0.39 is 55.0 Å². The molecule has 0 radical (unpaired) electrons. The lowest BCUT2D eigenvalue weighted by molar-refractivity contribution is -0.232. The van der Waals surface area contributed by atoms with Crippen LogP contribution in [0.4, 0.5) is 0 Å². The molecular formula is C15H26N4O8. The molecule has 0 aliphatic rings. The molecule has 0 bridgehead atoms. The van der Waals surface area contributed by atoms with Gasteiger partial charge in [0.05, 0.1) is 44.6 Å². The maximum absolute atomic E-state index is 11.8. The maximum Gasteiger partial charge on any atom is 0.366 e.